The van der Waals surface area contributed by atoms with Crippen molar-refractivity contribution >= 4 is 34.7 Å². The molecule has 1 aromatic rings. The zero-order valence-corrected chi connectivity index (χ0v) is 11.5. The number of hydrogen-bond acceptors (Lipinski definition) is 6. The van der Waals surface area contributed by atoms with Crippen molar-refractivity contribution in [3.63, 3.8) is 0 Å². The molecular formula is C13H10N2O5S. The number of amides is 2. The lowest BCUT2D eigenvalue weighted by molar-refractivity contribution is -0.384. The van der Waals surface area contributed by atoms with Gasteiger partial charge in [-0.2, -0.15) is 0 Å². The van der Waals surface area contributed by atoms with Crippen molar-refractivity contribution in [2.45, 2.75) is 0 Å². The summed E-state index contributed by atoms with van der Waals surface area (Å²) in [4.78, 5) is 34.8. The number of rotatable bonds is 4. The van der Waals surface area contributed by atoms with Crippen LogP contribution in [0.25, 0.3) is 6.08 Å². The zero-order chi connectivity index (χ0) is 15.6. The van der Waals surface area contributed by atoms with Crippen molar-refractivity contribution in [2.24, 2.45) is 0 Å². The Hall–Kier alpha value is -2.61. The minimum atomic E-state index is -0.611. The first-order valence-electron chi connectivity index (χ1n) is 5.77. The third-order valence-corrected chi connectivity index (χ3v) is 3.60. The SMILES string of the molecule is C=CCN1C(=O)S/C(=C/c2cc([N+](=O)[O-])ccc2O)C1=O. The highest BCUT2D eigenvalue weighted by atomic mass is 32.2. The lowest BCUT2D eigenvalue weighted by Gasteiger charge is -2.07. The third-order valence-electron chi connectivity index (χ3n) is 2.69. The maximum absolute atomic E-state index is 12.0. The molecule has 1 fully saturated rings. The normalized spacial score (nSPS) is 16.6. The topological polar surface area (TPSA) is 101 Å². The van der Waals surface area contributed by atoms with E-state index in [2.05, 4.69) is 6.58 Å². The van der Waals surface area contributed by atoms with Crippen LogP contribution >= 0.6 is 11.8 Å². The number of carbonyl (C=O) groups is 2. The summed E-state index contributed by atoms with van der Waals surface area (Å²) < 4.78 is 0. The second kappa shape index (κ2) is 5.80. The van der Waals surface area contributed by atoms with Crippen LogP contribution in [0.2, 0.25) is 0 Å². The van der Waals surface area contributed by atoms with E-state index >= 15 is 0 Å². The van der Waals surface area contributed by atoms with Crippen molar-refractivity contribution in [3.8, 4) is 5.75 Å². The third kappa shape index (κ3) is 2.95. The molecule has 1 aliphatic rings. The van der Waals surface area contributed by atoms with Crippen LogP contribution in [0, 0.1) is 10.1 Å². The molecule has 0 bridgehead atoms. The predicted octanol–water partition coefficient (Wildman–Crippen LogP) is 2.52. The van der Waals surface area contributed by atoms with Crippen LogP contribution in [0.5, 0.6) is 5.75 Å². The number of imide groups is 1. The molecule has 0 aliphatic carbocycles. The molecule has 0 radical (unpaired) electrons. The summed E-state index contributed by atoms with van der Waals surface area (Å²) in [6, 6.07) is 3.45. The van der Waals surface area contributed by atoms with Crippen LogP contribution < -0.4 is 0 Å². The molecule has 0 aromatic heterocycles. The average Bonchev–Trinajstić information content (AvgIpc) is 2.69. The van der Waals surface area contributed by atoms with Gasteiger partial charge in [-0.05, 0) is 23.9 Å². The molecule has 1 heterocycles. The Balaban J connectivity index is 2.38. The molecule has 21 heavy (non-hydrogen) atoms. The van der Waals surface area contributed by atoms with Gasteiger partial charge in [-0.3, -0.25) is 24.6 Å². The number of phenolic OH excluding ortho intramolecular Hbond substituents is 1. The van der Waals surface area contributed by atoms with Crippen LogP contribution in [0.3, 0.4) is 0 Å². The van der Waals surface area contributed by atoms with Gasteiger partial charge >= 0.3 is 0 Å². The Morgan fingerprint density at radius 3 is 2.76 bits per heavy atom. The molecule has 0 saturated carbocycles. The van der Waals surface area contributed by atoms with Crippen LogP contribution in [-0.4, -0.2) is 32.6 Å². The molecule has 2 amide bonds. The number of benzene rings is 1. The highest BCUT2D eigenvalue weighted by Gasteiger charge is 2.34. The smallest absolute Gasteiger partial charge is 0.293 e. The second-order valence-electron chi connectivity index (χ2n) is 4.08. The largest absolute Gasteiger partial charge is 0.507 e. The van der Waals surface area contributed by atoms with Gasteiger partial charge in [0, 0.05) is 24.2 Å². The van der Waals surface area contributed by atoms with E-state index < -0.39 is 16.1 Å². The molecule has 0 unspecified atom stereocenters. The standard InChI is InChI=1S/C13H10N2O5S/c1-2-5-14-12(17)11(21-13(14)18)7-8-6-9(15(19)20)3-4-10(8)16/h2-4,6-7,16H,1,5H2/b11-7+. The lowest BCUT2D eigenvalue weighted by atomic mass is 10.1. The molecule has 1 N–H and O–H groups in total. The monoisotopic (exact) mass is 306 g/mol. The number of aromatic hydroxyl groups is 1. The molecule has 8 heteroatoms. The quantitative estimate of drug-likeness (QED) is 0.397. The molecule has 108 valence electrons. The molecule has 0 spiro atoms. The van der Waals surface area contributed by atoms with E-state index in [-0.39, 0.29) is 28.5 Å². The van der Waals surface area contributed by atoms with Gasteiger partial charge in [-0.15, -0.1) is 6.58 Å². The first-order valence-corrected chi connectivity index (χ1v) is 6.59. The van der Waals surface area contributed by atoms with Crippen molar-refractivity contribution in [1.82, 2.24) is 4.90 Å². The van der Waals surface area contributed by atoms with Crippen molar-refractivity contribution < 1.29 is 19.6 Å². The lowest BCUT2D eigenvalue weighted by Crippen LogP contribution is -2.27. The molecule has 0 atom stereocenters. The van der Waals surface area contributed by atoms with E-state index in [1.807, 2.05) is 0 Å². The summed E-state index contributed by atoms with van der Waals surface area (Å²) in [5.74, 6) is -0.730. The number of hydrogen-bond donors (Lipinski definition) is 1. The Morgan fingerprint density at radius 2 is 2.14 bits per heavy atom. The number of nitro groups is 1. The molecule has 7 nitrogen and oxygen atoms in total. The van der Waals surface area contributed by atoms with Gasteiger partial charge in [-0.1, -0.05) is 6.08 Å². The minimum Gasteiger partial charge on any atom is -0.507 e. The van der Waals surface area contributed by atoms with Gasteiger partial charge in [0.2, 0.25) is 0 Å². The van der Waals surface area contributed by atoms with Gasteiger partial charge in [-0.25, -0.2) is 0 Å². The van der Waals surface area contributed by atoms with E-state index in [1.54, 1.807) is 0 Å². The van der Waals surface area contributed by atoms with Gasteiger partial charge in [0.05, 0.1) is 9.83 Å². The number of nitro benzene ring substituents is 1. The summed E-state index contributed by atoms with van der Waals surface area (Å²) >= 11 is 0.709. The molecule has 1 aliphatic heterocycles. The fourth-order valence-corrected chi connectivity index (χ4v) is 2.54. The molecular weight excluding hydrogens is 296 g/mol. The van der Waals surface area contributed by atoms with E-state index in [0.717, 1.165) is 23.1 Å². The van der Waals surface area contributed by atoms with E-state index in [4.69, 9.17) is 0 Å². The van der Waals surface area contributed by atoms with E-state index in [0.29, 0.717) is 11.8 Å². The van der Waals surface area contributed by atoms with Gasteiger partial charge in [0.25, 0.3) is 16.8 Å². The maximum atomic E-state index is 12.0. The van der Waals surface area contributed by atoms with Gasteiger partial charge in [0.1, 0.15) is 5.75 Å². The highest BCUT2D eigenvalue weighted by Crippen LogP contribution is 2.34. The summed E-state index contributed by atoms with van der Waals surface area (Å²) in [5, 5.41) is 20.0. The van der Waals surface area contributed by atoms with Crippen molar-refractivity contribution in [3.05, 3.63) is 51.4 Å². The minimum absolute atomic E-state index is 0.0862. The van der Waals surface area contributed by atoms with Crippen LogP contribution in [0.4, 0.5) is 10.5 Å². The van der Waals surface area contributed by atoms with Crippen molar-refractivity contribution in [2.75, 3.05) is 6.54 Å². The number of thioether (sulfide) groups is 1. The summed E-state index contributed by atoms with van der Waals surface area (Å²) in [6.45, 7) is 3.54. The van der Waals surface area contributed by atoms with E-state index in [1.165, 1.54) is 12.2 Å². The fraction of sp³-hybridized carbons (Fsp3) is 0.0769. The number of non-ortho nitro benzene ring substituents is 1. The predicted molar refractivity (Wildman–Crippen MR) is 77.6 cm³/mol. The Labute approximate surface area is 123 Å². The first-order chi connectivity index (χ1) is 9.93. The first kappa shape index (κ1) is 14.8. The maximum Gasteiger partial charge on any atom is 0.293 e. The molecule has 1 aromatic carbocycles. The van der Waals surface area contributed by atoms with Gasteiger partial charge in [0.15, 0.2) is 0 Å². The highest BCUT2D eigenvalue weighted by molar-refractivity contribution is 8.18. The average molecular weight is 306 g/mol. The van der Waals surface area contributed by atoms with E-state index in [9.17, 15) is 24.8 Å². The summed E-state index contributed by atoms with van der Waals surface area (Å²) in [7, 11) is 0. The Kier molecular flexibility index (Phi) is 4.08. The Bertz CT molecular complexity index is 683. The zero-order valence-electron chi connectivity index (χ0n) is 10.7. The van der Waals surface area contributed by atoms with Crippen molar-refractivity contribution in [1.29, 1.82) is 0 Å². The second-order valence-corrected chi connectivity index (χ2v) is 5.07. The van der Waals surface area contributed by atoms with Crippen LogP contribution in [0.1, 0.15) is 5.56 Å². The number of carbonyl (C=O) groups excluding carboxylic acids is 2. The Morgan fingerprint density at radius 1 is 1.43 bits per heavy atom. The molecule has 2 rings (SSSR count). The number of nitrogens with zero attached hydrogens (tertiary/aromatic N) is 2. The summed E-state index contributed by atoms with van der Waals surface area (Å²) in [5.41, 5.74) is -0.113. The van der Waals surface area contributed by atoms with Crippen LogP contribution in [0.15, 0.2) is 35.8 Å². The summed E-state index contributed by atoms with van der Waals surface area (Å²) in [6.07, 6.45) is 2.68. The van der Waals surface area contributed by atoms with Gasteiger partial charge < -0.3 is 5.11 Å². The fourth-order valence-electron chi connectivity index (χ4n) is 1.70. The van der Waals surface area contributed by atoms with Crippen LogP contribution in [-0.2, 0) is 4.79 Å². The molecule has 1 saturated heterocycles. The number of phenols is 1.